The quantitative estimate of drug-likeness (QED) is 0.864. The summed E-state index contributed by atoms with van der Waals surface area (Å²) in [6.07, 6.45) is 3.77. The standard InChI is InChI=1S/C16H22N4O2S/c1-13-3-4-15(23-13)9-17-16(21)12-19-7-8-22-14(10-19)11-20-6-2-5-18-20/h2-6,14H,7-12H2,1H3,(H,17,21)/t14-/m0/s1. The number of hydrogen-bond donors (Lipinski definition) is 1. The highest BCUT2D eigenvalue weighted by Crippen LogP contribution is 2.14. The maximum Gasteiger partial charge on any atom is 0.234 e. The maximum absolute atomic E-state index is 12.1. The van der Waals surface area contributed by atoms with Gasteiger partial charge in [0.15, 0.2) is 0 Å². The predicted octanol–water partition coefficient (Wildman–Crippen LogP) is 1.27. The lowest BCUT2D eigenvalue weighted by molar-refractivity contribution is -0.124. The molecule has 0 radical (unpaired) electrons. The minimum atomic E-state index is 0.0655. The van der Waals surface area contributed by atoms with Gasteiger partial charge in [-0.3, -0.25) is 14.4 Å². The van der Waals surface area contributed by atoms with E-state index in [1.54, 1.807) is 17.5 Å². The number of morpholine rings is 1. The number of rotatable bonds is 6. The highest BCUT2D eigenvalue weighted by Gasteiger charge is 2.22. The van der Waals surface area contributed by atoms with Gasteiger partial charge >= 0.3 is 0 Å². The molecule has 0 spiro atoms. The molecule has 6 nitrogen and oxygen atoms in total. The van der Waals surface area contributed by atoms with E-state index in [1.165, 1.54) is 9.75 Å². The number of carbonyl (C=O) groups is 1. The van der Waals surface area contributed by atoms with Gasteiger partial charge in [-0.1, -0.05) is 0 Å². The minimum absolute atomic E-state index is 0.0655. The number of carbonyl (C=O) groups excluding carboxylic acids is 1. The lowest BCUT2D eigenvalue weighted by atomic mass is 10.2. The fraction of sp³-hybridized carbons (Fsp3) is 0.500. The Balaban J connectivity index is 1.42. The van der Waals surface area contributed by atoms with Crippen molar-refractivity contribution < 1.29 is 9.53 Å². The Labute approximate surface area is 140 Å². The van der Waals surface area contributed by atoms with Gasteiger partial charge in [-0.05, 0) is 25.1 Å². The molecular formula is C16H22N4O2S. The maximum atomic E-state index is 12.1. The molecule has 2 aromatic heterocycles. The van der Waals surface area contributed by atoms with Crippen LogP contribution in [0.15, 0.2) is 30.6 Å². The van der Waals surface area contributed by atoms with Gasteiger partial charge in [0.25, 0.3) is 0 Å². The molecule has 1 N–H and O–H groups in total. The fourth-order valence-electron chi connectivity index (χ4n) is 2.68. The van der Waals surface area contributed by atoms with Crippen LogP contribution >= 0.6 is 11.3 Å². The molecule has 1 aliphatic rings. The minimum Gasteiger partial charge on any atom is -0.374 e. The predicted molar refractivity (Wildman–Crippen MR) is 89.3 cm³/mol. The molecule has 1 saturated heterocycles. The molecule has 0 bridgehead atoms. The van der Waals surface area contributed by atoms with Crippen LogP contribution in [0.25, 0.3) is 0 Å². The van der Waals surface area contributed by atoms with Crippen molar-refractivity contribution in [3.05, 3.63) is 40.3 Å². The number of amides is 1. The number of thiophene rings is 1. The molecule has 0 aliphatic carbocycles. The molecule has 1 aliphatic heterocycles. The summed E-state index contributed by atoms with van der Waals surface area (Å²) in [4.78, 5) is 16.7. The first-order chi connectivity index (χ1) is 11.2. The van der Waals surface area contributed by atoms with E-state index in [4.69, 9.17) is 4.74 Å². The average molecular weight is 334 g/mol. The lowest BCUT2D eigenvalue weighted by Crippen LogP contribution is -2.48. The van der Waals surface area contributed by atoms with Crippen LogP contribution in [0.3, 0.4) is 0 Å². The summed E-state index contributed by atoms with van der Waals surface area (Å²) in [7, 11) is 0. The van der Waals surface area contributed by atoms with Gasteiger partial charge in [-0.25, -0.2) is 0 Å². The van der Waals surface area contributed by atoms with Crippen LogP contribution in [-0.2, 0) is 22.6 Å². The van der Waals surface area contributed by atoms with Crippen molar-refractivity contribution in [2.45, 2.75) is 26.1 Å². The number of aryl methyl sites for hydroxylation is 1. The van der Waals surface area contributed by atoms with Crippen LogP contribution in [0.2, 0.25) is 0 Å². The molecule has 3 rings (SSSR count). The van der Waals surface area contributed by atoms with Crippen LogP contribution in [0, 0.1) is 6.92 Å². The summed E-state index contributed by atoms with van der Waals surface area (Å²) in [5.41, 5.74) is 0. The van der Waals surface area contributed by atoms with Crippen LogP contribution in [0.1, 0.15) is 9.75 Å². The third-order valence-electron chi connectivity index (χ3n) is 3.80. The van der Waals surface area contributed by atoms with Gasteiger partial charge in [0.1, 0.15) is 0 Å². The van der Waals surface area contributed by atoms with E-state index in [0.717, 1.165) is 19.6 Å². The van der Waals surface area contributed by atoms with Crippen LogP contribution < -0.4 is 5.32 Å². The van der Waals surface area contributed by atoms with Crippen molar-refractivity contribution in [1.82, 2.24) is 20.0 Å². The van der Waals surface area contributed by atoms with Crippen molar-refractivity contribution in [2.24, 2.45) is 0 Å². The van der Waals surface area contributed by atoms with Crippen molar-refractivity contribution in [3.8, 4) is 0 Å². The van der Waals surface area contributed by atoms with E-state index in [2.05, 4.69) is 34.4 Å². The van der Waals surface area contributed by atoms with Gasteiger partial charge < -0.3 is 10.1 Å². The molecule has 124 valence electrons. The Kier molecular flexibility index (Phi) is 5.43. The SMILES string of the molecule is Cc1ccc(CNC(=O)CN2CCO[C@H](Cn3cccn3)C2)s1. The second-order valence-corrected chi connectivity index (χ2v) is 7.12. The molecule has 0 aromatic carbocycles. The van der Waals surface area contributed by atoms with E-state index in [9.17, 15) is 4.79 Å². The zero-order valence-corrected chi connectivity index (χ0v) is 14.1. The van der Waals surface area contributed by atoms with Gasteiger partial charge in [0.2, 0.25) is 5.91 Å². The average Bonchev–Trinajstić information content (AvgIpc) is 3.17. The first-order valence-electron chi connectivity index (χ1n) is 7.82. The molecule has 0 saturated carbocycles. The molecule has 7 heteroatoms. The Bertz CT molecular complexity index is 626. The molecule has 0 unspecified atom stereocenters. The molecule has 3 heterocycles. The lowest BCUT2D eigenvalue weighted by Gasteiger charge is -2.32. The number of nitrogens with zero attached hydrogens (tertiary/aromatic N) is 3. The number of hydrogen-bond acceptors (Lipinski definition) is 5. The van der Waals surface area contributed by atoms with E-state index in [0.29, 0.717) is 19.7 Å². The zero-order valence-electron chi connectivity index (χ0n) is 13.3. The third-order valence-corrected chi connectivity index (χ3v) is 4.80. The molecule has 1 amide bonds. The Morgan fingerprint density at radius 3 is 3.17 bits per heavy atom. The van der Waals surface area contributed by atoms with Gasteiger partial charge in [0.05, 0.1) is 32.3 Å². The first-order valence-corrected chi connectivity index (χ1v) is 8.64. The number of nitrogens with one attached hydrogen (secondary N) is 1. The van der Waals surface area contributed by atoms with E-state index in [1.807, 2.05) is 16.9 Å². The summed E-state index contributed by atoms with van der Waals surface area (Å²) >= 11 is 1.72. The largest absolute Gasteiger partial charge is 0.374 e. The Hall–Kier alpha value is -1.70. The normalized spacial score (nSPS) is 18.9. The first kappa shape index (κ1) is 16.2. The highest BCUT2D eigenvalue weighted by atomic mass is 32.1. The molecule has 1 fully saturated rings. The molecule has 23 heavy (non-hydrogen) atoms. The monoisotopic (exact) mass is 334 g/mol. The molecular weight excluding hydrogens is 312 g/mol. The van der Waals surface area contributed by atoms with Crippen molar-refractivity contribution in [2.75, 3.05) is 26.2 Å². The van der Waals surface area contributed by atoms with E-state index >= 15 is 0 Å². The zero-order chi connectivity index (χ0) is 16.1. The summed E-state index contributed by atoms with van der Waals surface area (Å²) in [6.45, 7) is 6.03. The fourth-order valence-corrected chi connectivity index (χ4v) is 3.51. The summed E-state index contributed by atoms with van der Waals surface area (Å²) in [6, 6.07) is 6.05. The smallest absolute Gasteiger partial charge is 0.234 e. The summed E-state index contributed by atoms with van der Waals surface area (Å²) < 4.78 is 7.63. The summed E-state index contributed by atoms with van der Waals surface area (Å²) in [5, 5.41) is 7.19. The number of ether oxygens (including phenoxy) is 1. The second-order valence-electron chi connectivity index (χ2n) is 5.75. The molecule has 1 atom stereocenters. The van der Waals surface area contributed by atoms with E-state index in [-0.39, 0.29) is 12.0 Å². The van der Waals surface area contributed by atoms with Gasteiger partial charge in [0, 0.05) is 35.2 Å². The van der Waals surface area contributed by atoms with Gasteiger partial charge in [-0.15, -0.1) is 11.3 Å². The third kappa shape index (κ3) is 4.89. The summed E-state index contributed by atoms with van der Waals surface area (Å²) in [5.74, 6) is 0.0655. The van der Waals surface area contributed by atoms with Crippen molar-refractivity contribution in [3.63, 3.8) is 0 Å². The van der Waals surface area contributed by atoms with Crippen molar-refractivity contribution in [1.29, 1.82) is 0 Å². The topological polar surface area (TPSA) is 59.4 Å². The highest BCUT2D eigenvalue weighted by molar-refractivity contribution is 7.11. The van der Waals surface area contributed by atoms with Crippen molar-refractivity contribution >= 4 is 17.2 Å². The van der Waals surface area contributed by atoms with Crippen LogP contribution in [-0.4, -0.2) is 52.9 Å². The van der Waals surface area contributed by atoms with Crippen LogP contribution in [0.4, 0.5) is 0 Å². The Morgan fingerprint density at radius 1 is 1.52 bits per heavy atom. The van der Waals surface area contributed by atoms with Gasteiger partial charge in [-0.2, -0.15) is 5.10 Å². The number of aromatic nitrogens is 2. The van der Waals surface area contributed by atoms with E-state index < -0.39 is 0 Å². The second kappa shape index (κ2) is 7.72. The molecule has 2 aromatic rings. The van der Waals surface area contributed by atoms with Crippen LogP contribution in [0.5, 0.6) is 0 Å². The Morgan fingerprint density at radius 2 is 2.43 bits per heavy atom.